The Morgan fingerprint density at radius 2 is 2.00 bits per heavy atom. The van der Waals surface area contributed by atoms with E-state index in [1.165, 1.54) is 18.5 Å². The first kappa shape index (κ1) is 14.3. The molecule has 1 atom stereocenters. The molecule has 1 aliphatic rings. The summed E-state index contributed by atoms with van der Waals surface area (Å²) in [5.74, 6) is 0. The molecule has 0 saturated carbocycles. The lowest BCUT2D eigenvalue weighted by atomic mass is 9.82. The van der Waals surface area contributed by atoms with Crippen LogP contribution in [0.15, 0.2) is 18.3 Å². The highest BCUT2D eigenvalue weighted by Gasteiger charge is 2.25. The first-order valence-electron chi connectivity index (χ1n) is 7.44. The Morgan fingerprint density at radius 3 is 2.47 bits per heavy atom. The third kappa shape index (κ3) is 3.47. The molecule has 0 aliphatic carbocycles. The van der Waals surface area contributed by atoms with Gasteiger partial charge in [-0.2, -0.15) is 0 Å². The SMILES string of the molecule is CCC(NC)c1ccc(N2CCC(C)(C)CC2)cn1. The molecule has 0 amide bonds. The van der Waals surface area contributed by atoms with E-state index in [9.17, 15) is 0 Å². The summed E-state index contributed by atoms with van der Waals surface area (Å²) in [6.45, 7) is 9.22. The van der Waals surface area contributed by atoms with Crippen LogP contribution in [-0.2, 0) is 0 Å². The van der Waals surface area contributed by atoms with Crippen molar-refractivity contribution in [2.24, 2.45) is 5.41 Å². The summed E-state index contributed by atoms with van der Waals surface area (Å²) >= 11 is 0. The number of nitrogens with zero attached hydrogens (tertiary/aromatic N) is 2. The van der Waals surface area contributed by atoms with Gasteiger partial charge in [0.15, 0.2) is 0 Å². The highest BCUT2D eigenvalue weighted by atomic mass is 15.1. The zero-order chi connectivity index (χ0) is 13.9. The summed E-state index contributed by atoms with van der Waals surface area (Å²) in [6.07, 6.45) is 5.64. The third-order valence-corrected chi connectivity index (χ3v) is 4.37. The third-order valence-electron chi connectivity index (χ3n) is 4.37. The second kappa shape index (κ2) is 5.91. The molecule has 0 bridgehead atoms. The molecule has 3 nitrogen and oxygen atoms in total. The molecular weight excluding hydrogens is 234 g/mol. The summed E-state index contributed by atoms with van der Waals surface area (Å²) in [5.41, 5.74) is 2.92. The van der Waals surface area contributed by atoms with Crippen LogP contribution in [0, 0.1) is 5.41 Å². The van der Waals surface area contributed by atoms with E-state index in [1.54, 1.807) is 0 Å². The van der Waals surface area contributed by atoms with E-state index in [1.807, 2.05) is 13.2 Å². The topological polar surface area (TPSA) is 28.2 Å². The van der Waals surface area contributed by atoms with Gasteiger partial charge < -0.3 is 10.2 Å². The quantitative estimate of drug-likeness (QED) is 0.900. The van der Waals surface area contributed by atoms with Crippen molar-refractivity contribution in [1.82, 2.24) is 10.3 Å². The fraction of sp³-hybridized carbons (Fsp3) is 0.688. The smallest absolute Gasteiger partial charge is 0.0574 e. The van der Waals surface area contributed by atoms with Crippen LogP contribution in [0.4, 0.5) is 5.69 Å². The van der Waals surface area contributed by atoms with Crippen LogP contribution in [0.25, 0.3) is 0 Å². The predicted octanol–water partition coefficient (Wildman–Crippen LogP) is 3.38. The van der Waals surface area contributed by atoms with Gasteiger partial charge in [-0.3, -0.25) is 4.98 Å². The fourth-order valence-electron chi connectivity index (χ4n) is 2.72. The number of piperidine rings is 1. The van der Waals surface area contributed by atoms with Crippen molar-refractivity contribution >= 4 is 5.69 Å². The van der Waals surface area contributed by atoms with E-state index in [0.717, 1.165) is 25.2 Å². The molecule has 1 unspecified atom stereocenters. The summed E-state index contributed by atoms with van der Waals surface area (Å²) in [6, 6.07) is 4.76. The normalized spacial score (nSPS) is 20.3. The largest absolute Gasteiger partial charge is 0.370 e. The van der Waals surface area contributed by atoms with Gasteiger partial charge in [-0.05, 0) is 43.9 Å². The lowest BCUT2D eigenvalue weighted by Gasteiger charge is -2.38. The van der Waals surface area contributed by atoms with Gasteiger partial charge in [0.2, 0.25) is 0 Å². The Bertz CT molecular complexity index is 383. The van der Waals surface area contributed by atoms with Crippen LogP contribution < -0.4 is 10.2 Å². The van der Waals surface area contributed by atoms with Crippen molar-refractivity contribution in [1.29, 1.82) is 0 Å². The molecule has 1 fully saturated rings. The van der Waals surface area contributed by atoms with Crippen LogP contribution in [-0.4, -0.2) is 25.1 Å². The molecule has 19 heavy (non-hydrogen) atoms. The van der Waals surface area contributed by atoms with Gasteiger partial charge in [0, 0.05) is 19.1 Å². The summed E-state index contributed by atoms with van der Waals surface area (Å²) in [4.78, 5) is 7.09. The molecule has 106 valence electrons. The van der Waals surface area contributed by atoms with E-state index in [4.69, 9.17) is 0 Å². The number of anilines is 1. The van der Waals surface area contributed by atoms with E-state index in [0.29, 0.717) is 11.5 Å². The van der Waals surface area contributed by atoms with Crippen LogP contribution in [0.2, 0.25) is 0 Å². The Labute approximate surface area is 117 Å². The molecule has 0 radical (unpaired) electrons. The molecule has 1 aromatic heterocycles. The van der Waals surface area contributed by atoms with Crippen LogP contribution in [0.3, 0.4) is 0 Å². The minimum Gasteiger partial charge on any atom is -0.370 e. The molecule has 3 heteroatoms. The molecular formula is C16H27N3. The predicted molar refractivity (Wildman–Crippen MR) is 81.6 cm³/mol. The zero-order valence-electron chi connectivity index (χ0n) is 12.7. The monoisotopic (exact) mass is 261 g/mol. The number of hydrogen-bond acceptors (Lipinski definition) is 3. The Morgan fingerprint density at radius 1 is 1.32 bits per heavy atom. The first-order chi connectivity index (χ1) is 9.05. The molecule has 2 rings (SSSR count). The van der Waals surface area contributed by atoms with Gasteiger partial charge >= 0.3 is 0 Å². The summed E-state index contributed by atoms with van der Waals surface area (Å²) in [7, 11) is 2.00. The van der Waals surface area contributed by atoms with Crippen LogP contribution in [0.1, 0.15) is 51.8 Å². The lowest BCUT2D eigenvalue weighted by molar-refractivity contribution is 0.280. The maximum atomic E-state index is 4.63. The maximum Gasteiger partial charge on any atom is 0.0574 e. The van der Waals surface area contributed by atoms with E-state index in [2.05, 4.69) is 48.1 Å². The number of pyridine rings is 1. The van der Waals surface area contributed by atoms with Crippen molar-refractivity contribution in [2.75, 3.05) is 25.0 Å². The van der Waals surface area contributed by atoms with Gasteiger partial charge in [-0.15, -0.1) is 0 Å². The van der Waals surface area contributed by atoms with Gasteiger partial charge in [0.25, 0.3) is 0 Å². The van der Waals surface area contributed by atoms with Crippen LogP contribution in [0.5, 0.6) is 0 Å². The number of hydrogen-bond donors (Lipinski definition) is 1. The molecule has 1 aromatic rings. The van der Waals surface area contributed by atoms with Crippen molar-refractivity contribution in [3.63, 3.8) is 0 Å². The first-order valence-corrected chi connectivity index (χ1v) is 7.44. The van der Waals surface area contributed by atoms with Crippen molar-refractivity contribution in [3.8, 4) is 0 Å². The second-order valence-electron chi connectivity index (χ2n) is 6.34. The molecule has 0 aromatic carbocycles. The van der Waals surface area contributed by atoms with Crippen molar-refractivity contribution < 1.29 is 0 Å². The summed E-state index contributed by atoms with van der Waals surface area (Å²) < 4.78 is 0. The zero-order valence-corrected chi connectivity index (χ0v) is 12.7. The fourth-order valence-corrected chi connectivity index (χ4v) is 2.72. The maximum absolute atomic E-state index is 4.63. The Hall–Kier alpha value is -1.09. The average molecular weight is 261 g/mol. The molecule has 1 aliphatic heterocycles. The van der Waals surface area contributed by atoms with Gasteiger partial charge in [0.05, 0.1) is 17.6 Å². The van der Waals surface area contributed by atoms with Gasteiger partial charge in [-0.1, -0.05) is 20.8 Å². The number of aromatic nitrogens is 1. The van der Waals surface area contributed by atoms with E-state index in [-0.39, 0.29) is 0 Å². The lowest BCUT2D eigenvalue weighted by Crippen LogP contribution is -2.37. The average Bonchev–Trinajstić information content (AvgIpc) is 2.41. The Kier molecular flexibility index (Phi) is 4.46. The molecule has 1 N–H and O–H groups in total. The van der Waals surface area contributed by atoms with Crippen molar-refractivity contribution in [2.45, 2.75) is 46.1 Å². The van der Waals surface area contributed by atoms with E-state index < -0.39 is 0 Å². The minimum absolute atomic E-state index is 0.370. The van der Waals surface area contributed by atoms with Crippen LogP contribution >= 0.6 is 0 Å². The molecule has 2 heterocycles. The highest BCUT2D eigenvalue weighted by Crippen LogP contribution is 2.32. The standard InChI is InChI=1S/C16H27N3/c1-5-14(17-4)15-7-6-13(12-18-15)19-10-8-16(2,3)9-11-19/h6-7,12,14,17H,5,8-11H2,1-4H3. The highest BCUT2D eigenvalue weighted by molar-refractivity contribution is 5.45. The Balaban J connectivity index is 2.03. The minimum atomic E-state index is 0.370. The number of rotatable bonds is 4. The second-order valence-corrected chi connectivity index (χ2v) is 6.34. The van der Waals surface area contributed by atoms with Gasteiger partial charge in [0.1, 0.15) is 0 Å². The summed E-state index contributed by atoms with van der Waals surface area (Å²) in [5, 5.41) is 3.30. The molecule has 0 spiro atoms. The van der Waals surface area contributed by atoms with Gasteiger partial charge in [-0.25, -0.2) is 0 Å². The van der Waals surface area contributed by atoms with E-state index >= 15 is 0 Å². The number of nitrogens with one attached hydrogen (secondary N) is 1. The van der Waals surface area contributed by atoms with Crippen molar-refractivity contribution in [3.05, 3.63) is 24.0 Å². The molecule has 1 saturated heterocycles.